The van der Waals surface area contributed by atoms with Gasteiger partial charge in [0.25, 0.3) is 0 Å². The first kappa shape index (κ1) is 13.2. The molecule has 0 aromatic carbocycles. The first-order valence-electron chi connectivity index (χ1n) is 5.30. The van der Waals surface area contributed by atoms with Crippen molar-refractivity contribution in [3.05, 3.63) is 20.8 Å². The van der Waals surface area contributed by atoms with E-state index in [0.717, 1.165) is 25.9 Å². The van der Waals surface area contributed by atoms with Gasteiger partial charge < -0.3 is 10.4 Å². The van der Waals surface area contributed by atoms with Crippen LogP contribution in [0.15, 0.2) is 15.9 Å². The zero-order chi connectivity index (χ0) is 11.1. The van der Waals surface area contributed by atoms with Gasteiger partial charge >= 0.3 is 0 Å². The molecule has 0 radical (unpaired) electrons. The summed E-state index contributed by atoms with van der Waals surface area (Å²) >= 11 is 5.23. The zero-order valence-corrected chi connectivity index (χ0v) is 11.4. The molecule has 0 saturated carbocycles. The molecule has 0 spiro atoms. The third-order valence-corrected chi connectivity index (χ3v) is 4.20. The van der Waals surface area contributed by atoms with Crippen LogP contribution in [-0.2, 0) is 6.42 Å². The largest absolute Gasteiger partial charge is 0.396 e. The highest BCUT2D eigenvalue weighted by molar-refractivity contribution is 9.10. The summed E-state index contributed by atoms with van der Waals surface area (Å²) in [6.45, 7) is 4.30. The van der Waals surface area contributed by atoms with Crippen molar-refractivity contribution in [2.24, 2.45) is 5.92 Å². The fraction of sp³-hybridized carbons (Fsp3) is 0.636. The van der Waals surface area contributed by atoms with E-state index in [2.05, 4.69) is 39.6 Å². The summed E-state index contributed by atoms with van der Waals surface area (Å²) in [6.07, 6.45) is 2.10. The van der Waals surface area contributed by atoms with Gasteiger partial charge in [-0.05, 0) is 47.3 Å². The van der Waals surface area contributed by atoms with E-state index in [-0.39, 0.29) is 6.61 Å². The molecule has 1 aromatic heterocycles. The SMILES string of the molecule is CCC(CO)CNCCc1cc(Br)cs1. The van der Waals surface area contributed by atoms with Crippen molar-refractivity contribution in [2.45, 2.75) is 19.8 Å². The van der Waals surface area contributed by atoms with Gasteiger partial charge in [0.15, 0.2) is 0 Å². The first-order chi connectivity index (χ1) is 7.26. The second-order valence-corrected chi connectivity index (χ2v) is 5.55. The van der Waals surface area contributed by atoms with Crippen LogP contribution in [0.4, 0.5) is 0 Å². The molecule has 2 nitrogen and oxygen atoms in total. The number of aliphatic hydroxyl groups is 1. The molecule has 1 unspecified atom stereocenters. The Morgan fingerprint density at radius 2 is 2.40 bits per heavy atom. The van der Waals surface area contributed by atoms with E-state index in [4.69, 9.17) is 5.11 Å². The normalized spacial score (nSPS) is 13.0. The van der Waals surface area contributed by atoms with Gasteiger partial charge in [0.2, 0.25) is 0 Å². The highest BCUT2D eigenvalue weighted by atomic mass is 79.9. The van der Waals surface area contributed by atoms with Crippen LogP contribution in [0.2, 0.25) is 0 Å². The fourth-order valence-corrected chi connectivity index (χ4v) is 2.80. The van der Waals surface area contributed by atoms with Crippen LogP contribution in [0.5, 0.6) is 0 Å². The minimum Gasteiger partial charge on any atom is -0.396 e. The summed E-state index contributed by atoms with van der Waals surface area (Å²) < 4.78 is 1.17. The second kappa shape index (κ2) is 7.39. The molecular formula is C11H18BrNOS. The number of nitrogens with one attached hydrogen (secondary N) is 1. The quantitative estimate of drug-likeness (QED) is 0.757. The Morgan fingerprint density at radius 1 is 1.60 bits per heavy atom. The lowest BCUT2D eigenvalue weighted by Crippen LogP contribution is -2.26. The highest BCUT2D eigenvalue weighted by Crippen LogP contribution is 2.19. The van der Waals surface area contributed by atoms with Crippen LogP contribution in [0, 0.1) is 5.92 Å². The number of hydrogen-bond acceptors (Lipinski definition) is 3. The predicted octanol–water partition coefficient (Wildman–Crippen LogP) is 2.66. The molecule has 0 fully saturated rings. The minimum atomic E-state index is 0.286. The zero-order valence-electron chi connectivity index (χ0n) is 9.00. The lowest BCUT2D eigenvalue weighted by atomic mass is 10.1. The minimum absolute atomic E-state index is 0.286. The van der Waals surface area contributed by atoms with Crippen molar-refractivity contribution in [1.82, 2.24) is 5.32 Å². The van der Waals surface area contributed by atoms with Crippen molar-refractivity contribution >= 4 is 27.3 Å². The van der Waals surface area contributed by atoms with Crippen LogP contribution in [0.3, 0.4) is 0 Å². The number of hydrogen-bond donors (Lipinski definition) is 2. The van der Waals surface area contributed by atoms with Crippen molar-refractivity contribution in [3.63, 3.8) is 0 Å². The Balaban J connectivity index is 2.11. The maximum absolute atomic E-state index is 9.00. The van der Waals surface area contributed by atoms with E-state index in [1.54, 1.807) is 11.3 Å². The van der Waals surface area contributed by atoms with Gasteiger partial charge in [-0.15, -0.1) is 11.3 Å². The lowest BCUT2D eigenvalue weighted by Gasteiger charge is -2.11. The molecule has 0 amide bonds. The molecule has 15 heavy (non-hydrogen) atoms. The highest BCUT2D eigenvalue weighted by Gasteiger charge is 2.03. The van der Waals surface area contributed by atoms with Crippen molar-refractivity contribution in [1.29, 1.82) is 0 Å². The Hall–Kier alpha value is 0.1000. The second-order valence-electron chi connectivity index (χ2n) is 3.64. The molecule has 1 rings (SSSR count). The summed E-state index contributed by atoms with van der Waals surface area (Å²) in [6, 6.07) is 2.16. The Morgan fingerprint density at radius 3 is 2.93 bits per heavy atom. The third kappa shape index (κ3) is 5.11. The van der Waals surface area contributed by atoms with Crippen LogP contribution in [0.1, 0.15) is 18.2 Å². The third-order valence-electron chi connectivity index (χ3n) is 2.44. The Labute approximate surface area is 104 Å². The van der Waals surface area contributed by atoms with E-state index >= 15 is 0 Å². The molecule has 0 aliphatic carbocycles. The van der Waals surface area contributed by atoms with Gasteiger partial charge in [-0.25, -0.2) is 0 Å². The molecular weight excluding hydrogens is 274 g/mol. The first-order valence-corrected chi connectivity index (χ1v) is 6.98. The molecule has 1 aromatic rings. The molecule has 0 saturated heterocycles. The summed E-state index contributed by atoms with van der Waals surface area (Å²) in [4.78, 5) is 1.39. The Bertz CT molecular complexity index is 273. The van der Waals surface area contributed by atoms with E-state index in [1.165, 1.54) is 9.35 Å². The van der Waals surface area contributed by atoms with Crippen LogP contribution >= 0.6 is 27.3 Å². The lowest BCUT2D eigenvalue weighted by molar-refractivity contribution is 0.219. The summed E-state index contributed by atoms with van der Waals surface area (Å²) in [5.41, 5.74) is 0. The average molecular weight is 292 g/mol. The molecule has 4 heteroatoms. The topological polar surface area (TPSA) is 32.3 Å². The molecule has 1 atom stereocenters. The van der Waals surface area contributed by atoms with Crippen molar-refractivity contribution in [3.8, 4) is 0 Å². The Kier molecular flexibility index (Phi) is 6.48. The van der Waals surface area contributed by atoms with Gasteiger partial charge in [-0.1, -0.05) is 6.92 Å². The number of rotatable bonds is 7. The van der Waals surface area contributed by atoms with Gasteiger partial charge in [0.1, 0.15) is 0 Å². The predicted molar refractivity (Wildman–Crippen MR) is 69.5 cm³/mol. The van der Waals surface area contributed by atoms with E-state index in [9.17, 15) is 0 Å². The molecule has 0 aliphatic heterocycles. The van der Waals surface area contributed by atoms with Crippen LogP contribution in [-0.4, -0.2) is 24.8 Å². The molecule has 1 heterocycles. The summed E-state index contributed by atoms with van der Waals surface area (Å²) in [5.74, 6) is 0.403. The van der Waals surface area contributed by atoms with Gasteiger partial charge in [-0.2, -0.15) is 0 Å². The molecule has 86 valence electrons. The van der Waals surface area contributed by atoms with E-state index in [1.807, 2.05) is 0 Å². The number of thiophene rings is 1. The van der Waals surface area contributed by atoms with Crippen LogP contribution < -0.4 is 5.32 Å². The monoisotopic (exact) mass is 291 g/mol. The summed E-state index contributed by atoms with van der Waals surface area (Å²) in [5, 5.41) is 14.5. The average Bonchev–Trinajstić information content (AvgIpc) is 2.65. The standard InChI is InChI=1S/C11H18BrNOS/c1-2-9(7-14)6-13-4-3-11-5-10(12)8-15-11/h5,8-9,13-14H,2-4,6-7H2,1H3. The maximum Gasteiger partial charge on any atom is 0.0471 e. The van der Waals surface area contributed by atoms with Gasteiger partial charge in [-0.3, -0.25) is 0 Å². The number of halogens is 1. The van der Waals surface area contributed by atoms with E-state index < -0.39 is 0 Å². The molecule has 0 bridgehead atoms. The number of aliphatic hydroxyl groups excluding tert-OH is 1. The smallest absolute Gasteiger partial charge is 0.0471 e. The van der Waals surface area contributed by atoms with Gasteiger partial charge in [0.05, 0.1) is 0 Å². The molecule has 0 aliphatic rings. The van der Waals surface area contributed by atoms with Crippen molar-refractivity contribution < 1.29 is 5.11 Å². The van der Waals surface area contributed by atoms with Crippen LogP contribution in [0.25, 0.3) is 0 Å². The molecule has 2 N–H and O–H groups in total. The van der Waals surface area contributed by atoms with E-state index in [0.29, 0.717) is 5.92 Å². The fourth-order valence-electron chi connectivity index (χ4n) is 1.34. The summed E-state index contributed by atoms with van der Waals surface area (Å²) in [7, 11) is 0. The van der Waals surface area contributed by atoms with Gasteiger partial charge in [0, 0.05) is 27.9 Å². The van der Waals surface area contributed by atoms with Crippen molar-refractivity contribution in [2.75, 3.05) is 19.7 Å². The maximum atomic E-state index is 9.00.